The Morgan fingerprint density at radius 1 is 1.40 bits per heavy atom. The fourth-order valence-corrected chi connectivity index (χ4v) is 1.95. The second-order valence-corrected chi connectivity index (χ2v) is 4.35. The van der Waals surface area contributed by atoms with E-state index in [2.05, 4.69) is 15.3 Å². The molecule has 1 aromatic carbocycles. The van der Waals surface area contributed by atoms with Crippen LogP contribution < -0.4 is 20.7 Å². The van der Waals surface area contributed by atoms with Gasteiger partial charge in [0.15, 0.2) is 6.61 Å². The summed E-state index contributed by atoms with van der Waals surface area (Å²) in [6.45, 7) is 0.0490. The first kappa shape index (κ1) is 12.2. The summed E-state index contributed by atoms with van der Waals surface area (Å²) in [6.07, 6.45) is 1.58. The molecule has 7 nitrogen and oxygen atoms in total. The summed E-state index contributed by atoms with van der Waals surface area (Å²) in [5.41, 5.74) is 7.07. The maximum Gasteiger partial charge on any atom is 0.264 e. The Morgan fingerprint density at radius 3 is 3.05 bits per heavy atom. The molecule has 2 heterocycles. The number of nitrogens with one attached hydrogen (secondary N) is 1. The van der Waals surface area contributed by atoms with E-state index in [0.717, 1.165) is 11.4 Å². The van der Waals surface area contributed by atoms with Crippen molar-refractivity contribution < 1.29 is 9.53 Å². The topological polar surface area (TPSA) is 93.4 Å². The first-order valence-corrected chi connectivity index (χ1v) is 6.02. The van der Waals surface area contributed by atoms with Crippen molar-refractivity contribution in [3.05, 3.63) is 30.5 Å². The summed E-state index contributed by atoms with van der Waals surface area (Å²) in [4.78, 5) is 21.0. The molecule has 0 saturated heterocycles. The van der Waals surface area contributed by atoms with Gasteiger partial charge in [-0.3, -0.25) is 4.79 Å². The lowest BCUT2D eigenvalue weighted by atomic mass is 10.2. The second kappa shape index (κ2) is 4.69. The Labute approximate surface area is 115 Å². The predicted octanol–water partition coefficient (Wildman–Crippen LogP) is 1.16. The molecule has 2 aromatic rings. The SMILES string of the molecule is CN1C(=O)COc2cc(Nc3ccnc(N)n3)ccc21. The molecule has 0 radical (unpaired) electrons. The number of nitrogen functional groups attached to an aromatic ring is 1. The van der Waals surface area contributed by atoms with Crippen LogP contribution in [0.1, 0.15) is 0 Å². The first-order valence-electron chi connectivity index (χ1n) is 6.02. The molecule has 3 N–H and O–H groups in total. The minimum atomic E-state index is -0.0678. The molecule has 0 bridgehead atoms. The zero-order chi connectivity index (χ0) is 14.1. The standard InChI is InChI=1S/C13H13N5O2/c1-18-9-3-2-8(6-10(9)20-7-12(18)19)16-11-4-5-15-13(14)17-11/h2-6H,7H2,1H3,(H3,14,15,16,17). The molecule has 0 fully saturated rings. The lowest BCUT2D eigenvalue weighted by Crippen LogP contribution is -2.35. The Balaban J connectivity index is 1.88. The van der Waals surface area contributed by atoms with Crippen LogP contribution in [0, 0.1) is 0 Å². The van der Waals surface area contributed by atoms with Crippen LogP contribution in [0.4, 0.5) is 23.1 Å². The van der Waals surface area contributed by atoms with Crippen LogP contribution in [0.2, 0.25) is 0 Å². The fraction of sp³-hybridized carbons (Fsp3) is 0.154. The summed E-state index contributed by atoms with van der Waals surface area (Å²) in [7, 11) is 1.72. The quantitative estimate of drug-likeness (QED) is 0.851. The summed E-state index contributed by atoms with van der Waals surface area (Å²) >= 11 is 0. The van der Waals surface area contributed by atoms with Gasteiger partial charge in [-0.05, 0) is 18.2 Å². The van der Waals surface area contributed by atoms with Crippen molar-refractivity contribution in [1.82, 2.24) is 9.97 Å². The number of carbonyl (C=O) groups is 1. The van der Waals surface area contributed by atoms with Gasteiger partial charge in [0.25, 0.3) is 5.91 Å². The van der Waals surface area contributed by atoms with E-state index < -0.39 is 0 Å². The largest absolute Gasteiger partial charge is 0.481 e. The van der Waals surface area contributed by atoms with Crippen molar-refractivity contribution >= 4 is 29.0 Å². The second-order valence-electron chi connectivity index (χ2n) is 4.35. The van der Waals surface area contributed by atoms with Crippen LogP contribution >= 0.6 is 0 Å². The van der Waals surface area contributed by atoms with Crippen LogP contribution in [-0.2, 0) is 4.79 Å². The van der Waals surface area contributed by atoms with E-state index in [1.165, 1.54) is 0 Å². The van der Waals surface area contributed by atoms with Crippen molar-refractivity contribution in [3.8, 4) is 5.75 Å². The van der Waals surface area contributed by atoms with Gasteiger partial charge in [0.05, 0.1) is 5.69 Å². The van der Waals surface area contributed by atoms with E-state index in [4.69, 9.17) is 10.5 Å². The zero-order valence-electron chi connectivity index (χ0n) is 10.8. The number of likely N-dealkylation sites (N-methyl/N-ethyl adjacent to an activating group) is 1. The molecule has 0 aliphatic carbocycles. The Kier molecular flexibility index (Phi) is 2.86. The van der Waals surface area contributed by atoms with Crippen LogP contribution in [0.15, 0.2) is 30.5 Å². The number of anilines is 4. The molecule has 102 valence electrons. The molecule has 0 saturated carbocycles. The summed E-state index contributed by atoms with van der Waals surface area (Å²) in [6, 6.07) is 7.19. The van der Waals surface area contributed by atoms with Gasteiger partial charge in [-0.25, -0.2) is 4.98 Å². The van der Waals surface area contributed by atoms with Gasteiger partial charge in [0.2, 0.25) is 5.95 Å². The lowest BCUT2D eigenvalue weighted by molar-refractivity contribution is -0.120. The van der Waals surface area contributed by atoms with Crippen LogP contribution in [0.3, 0.4) is 0 Å². The normalized spacial score (nSPS) is 13.7. The van der Waals surface area contributed by atoms with Gasteiger partial charge in [-0.15, -0.1) is 0 Å². The van der Waals surface area contributed by atoms with Gasteiger partial charge in [-0.1, -0.05) is 0 Å². The van der Waals surface area contributed by atoms with Crippen molar-refractivity contribution in [2.45, 2.75) is 0 Å². The van der Waals surface area contributed by atoms with Crippen molar-refractivity contribution in [3.63, 3.8) is 0 Å². The van der Waals surface area contributed by atoms with Crippen LogP contribution in [-0.4, -0.2) is 29.5 Å². The van der Waals surface area contributed by atoms with Gasteiger partial charge in [-0.2, -0.15) is 4.98 Å². The monoisotopic (exact) mass is 271 g/mol. The molecule has 0 atom stereocenters. The molecular formula is C13H13N5O2. The zero-order valence-corrected chi connectivity index (χ0v) is 10.8. The van der Waals surface area contributed by atoms with Crippen molar-refractivity contribution in [1.29, 1.82) is 0 Å². The van der Waals surface area contributed by atoms with E-state index >= 15 is 0 Å². The molecular weight excluding hydrogens is 258 g/mol. The van der Waals surface area contributed by atoms with Gasteiger partial charge < -0.3 is 20.7 Å². The fourth-order valence-electron chi connectivity index (χ4n) is 1.95. The predicted molar refractivity (Wildman–Crippen MR) is 75.1 cm³/mol. The van der Waals surface area contributed by atoms with Gasteiger partial charge >= 0.3 is 0 Å². The molecule has 3 rings (SSSR count). The third-order valence-electron chi connectivity index (χ3n) is 2.99. The number of carbonyl (C=O) groups excluding carboxylic acids is 1. The number of hydrogen-bond donors (Lipinski definition) is 2. The molecule has 0 unspecified atom stereocenters. The number of ether oxygens (including phenoxy) is 1. The number of aromatic nitrogens is 2. The molecule has 0 spiro atoms. The number of nitrogens with two attached hydrogens (primary N) is 1. The highest BCUT2D eigenvalue weighted by molar-refractivity contribution is 5.97. The molecule has 1 amide bonds. The Bertz CT molecular complexity index is 674. The average Bonchev–Trinajstić information content (AvgIpc) is 2.43. The summed E-state index contributed by atoms with van der Waals surface area (Å²) in [5.74, 6) is 1.38. The highest BCUT2D eigenvalue weighted by Crippen LogP contribution is 2.34. The number of fused-ring (bicyclic) bond motifs is 1. The van der Waals surface area contributed by atoms with E-state index in [1.54, 1.807) is 24.2 Å². The Morgan fingerprint density at radius 2 is 2.25 bits per heavy atom. The third-order valence-corrected chi connectivity index (χ3v) is 2.99. The molecule has 1 aliphatic rings. The van der Waals surface area contributed by atoms with Crippen molar-refractivity contribution in [2.75, 3.05) is 29.6 Å². The maximum atomic E-state index is 11.5. The summed E-state index contributed by atoms with van der Waals surface area (Å²) < 4.78 is 5.42. The molecule has 20 heavy (non-hydrogen) atoms. The molecule has 7 heteroatoms. The number of rotatable bonds is 2. The van der Waals surface area contributed by atoms with E-state index in [-0.39, 0.29) is 18.5 Å². The van der Waals surface area contributed by atoms with E-state index in [9.17, 15) is 4.79 Å². The van der Waals surface area contributed by atoms with Gasteiger partial charge in [0.1, 0.15) is 11.6 Å². The molecule has 1 aromatic heterocycles. The lowest BCUT2D eigenvalue weighted by Gasteiger charge is -2.26. The first-order chi connectivity index (χ1) is 9.63. The third kappa shape index (κ3) is 2.20. The number of benzene rings is 1. The van der Waals surface area contributed by atoms with Crippen molar-refractivity contribution in [2.24, 2.45) is 0 Å². The number of amides is 1. The molecule has 1 aliphatic heterocycles. The van der Waals surface area contributed by atoms with Crippen LogP contribution in [0.5, 0.6) is 5.75 Å². The average molecular weight is 271 g/mol. The minimum absolute atomic E-state index is 0.0490. The summed E-state index contributed by atoms with van der Waals surface area (Å²) in [5, 5.41) is 3.11. The smallest absolute Gasteiger partial charge is 0.264 e. The highest BCUT2D eigenvalue weighted by atomic mass is 16.5. The minimum Gasteiger partial charge on any atom is -0.481 e. The van der Waals surface area contributed by atoms with E-state index in [1.807, 2.05) is 18.2 Å². The number of nitrogens with zero attached hydrogens (tertiary/aromatic N) is 3. The highest BCUT2D eigenvalue weighted by Gasteiger charge is 2.22. The number of hydrogen-bond acceptors (Lipinski definition) is 6. The van der Waals surface area contributed by atoms with Crippen LogP contribution in [0.25, 0.3) is 0 Å². The maximum absolute atomic E-state index is 11.5. The van der Waals surface area contributed by atoms with Gasteiger partial charge in [0, 0.05) is 25.0 Å². The van der Waals surface area contributed by atoms with E-state index in [0.29, 0.717) is 11.6 Å². The Hall–Kier alpha value is -2.83.